The number of nitrogens with zero attached hydrogens (tertiary/aromatic N) is 1. The molecule has 0 amide bonds. The topological polar surface area (TPSA) is 38.8 Å². The molecule has 1 unspecified atom stereocenters. The predicted molar refractivity (Wildman–Crippen MR) is 96.0 cm³/mol. The first-order chi connectivity index (χ1) is 11.2. The number of hydrogen-bond donors (Lipinski definition) is 0. The van der Waals surface area contributed by atoms with Gasteiger partial charge in [0.1, 0.15) is 11.5 Å². The van der Waals surface area contributed by atoms with Crippen LogP contribution in [-0.2, 0) is 9.53 Å². The molecule has 1 saturated heterocycles. The van der Waals surface area contributed by atoms with Crippen LogP contribution in [0.5, 0.6) is 11.5 Å². The largest absolute Gasteiger partial charge is 0.457 e. The van der Waals surface area contributed by atoms with Gasteiger partial charge in [0.05, 0.1) is 19.3 Å². The van der Waals surface area contributed by atoms with Crippen LogP contribution in [0.15, 0.2) is 54.6 Å². The van der Waals surface area contributed by atoms with Crippen LogP contribution in [0.2, 0.25) is 0 Å². The molecule has 2 aromatic carbocycles. The summed E-state index contributed by atoms with van der Waals surface area (Å²) in [4.78, 5) is 14.3. The van der Waals surface area contributed by atoms with Crippen molar-refractivity contribution in [3.05, 3.63) is 60.2 Å². The van der Waals surface area contributed by atoms with E-state index in [1.165, 1.54) is 0 Å². The van der Waals surface area contributed by atoms with Crippen molar-refractivity contribution in [2.75, 3.05) is 26.3 Å². The van der Waals surface area contributed by atoms with Gasteiger partial charge in [-0.05, 0) is 36.8 Å². The van der Waals surface area contributed by atoms with Crippen molar-refractivity contribution < 1.29 is 14.3 Å². The average Bonchev–Trinajstić information content (AvgIpc) is 2.58. The van der Waals surface area contributed by atoms with Crippen molar-refractivity contribution >= 4 is 18.2 Å². The van der Waals surface area contributed by atoms with Crippen molar-refractivity contribution in [3.63, 3.8) is 0 Å². The van der Waals surface area contributed by atoms with Crippen LogP contribution in [0.25, 0.3) is 0 Å². The second-order valence-corrected chi connectivity index (χ2v) is 5.65. The number of carbonyl (C=O) groups is 1. The lowest BCUT2D eigenvalue weighted by Gasteiger charge is -2.33. The highest BCUT2D eigenvalue weighted by atomic mass is 35.5. The van der Waals surface area contributed by atoms with E-state index >= 15 is 0 Å². The van der Waals surface area contributed by atoms with E-state index in [1.54, 1.807) is 6.92 Å². The number of ketones is 1. The number of para-hydroxylation sites is 1. The maximum absolute atomic E-state index is 12.1. The molecule has 5 heteroatoms. The number of rotatable bonds is 5. The Labute approximate surface area is 148 Å². The van der Waals surface area contributed by atoms with Crippen LogP contribution in [0, 0.1) is 0 Å². The van der Waals surface area contributed by atoms with Gasteiger partial charge in [-0.1, -0.05) is 30.3 Å². The number of halogens is 1. The third kappa shape index (κ3) is 4.57. The summed E-state index contributed by atoms with van der Waals surface area (Å²) in [6, 6.07) is 17.2. The molecule has 24 heavy (non-hydrogen) atoms. The zero-order valence-corrected chi connectivity index (χ0v) is 14.5. The fraction of sp³-hybridized carbons (Fsp3) is 0.316. The minimum absolute atomic E-state index is 0. The van der Waals surface area contributed by atoms with Crippen LogP contribution in [0.1, 0.15) is 18.5 Å². The van der Waals surface area contributed by atoms with Crippen molar-refractivity contribution in [2.45, 2.75) is 13.0 Å². The van der Waals surface area contributed by atoms with Crippen molar-refractivity contribution in [1.82, 2.24) is 4.90 Å². The minimum atomic E-state index is -0.204. The number of benzene rings is 2. The van der Waals surface area contributed by atoms with Gasteiger partial charge in [0, 0.05) is 13.1 Å². The van der Waals surface area contributed by atoms with Gasteiger partial charge in [0.25, 0.3) is 0 Å². The monoisotopic (exact) mass is 347 g/mol. The predicted octanol–water partition coefficient (Wildman–Crippen LogP) is 3.86. The van der Waals surface area contributed by atoms with Gasteiger partial charge < -0.3 is 9.47 Å². The molecule has 0 spiro atoms. The molecule has 0 radical (unpaired) electrons. The van der Waals surface area contributed by atoms with Crippen molar-refractivity contribution in [3.8, 4) is 11.5 Å². The van der Waals surface area contributed by atoms with Crippen molar-refractivity contribution in [2.24, 2.45) is 0 Å². The summed E-state index contributed by atoms with van der Waals surface area (Å²) in [5, 5.41) is 0. The van der Waals surface area contributed by atoms with Gasteiger partial charge in [0.2, 0.25) is 0 Å². The van der Waals surface area contributed by atoms with E-state index in [4.69, 9.17) is 9.47 Å². The normalized spacial score (nSPS) is 16.0. The summed E-state index contributed by atoms with van der Waals surface area (Å²) in [6.07, 6.45) is 0. The lowest BCUT2D eigenvalue weighted by atomic mass is 10.0. The summed E-state index contributed by atoms with van der Waals surface area (Å²) in [5.41, 5.74) is 1.000. The number of carbonyl (C=O) groups excluding carboxylic acids is 1. The van der Waals surface area contributed by atoms with Gasteiger partial charge in [-0.2, -0.15) is 0 Å². The zero-order chi connectivity index (χ0) is 16.1. The van der Waals surface area contributed by atoms with E-state index in [0.29, 0.717) is 13.2 Å². The Morgan fingerprint density at radius 1 is 1.00 bits per heavy atom. The van der Waals surface area contributed by atoms with Crippen LogP contribution in [0.3, 0.4) is 0 Å². The highest BCUT2D eigenvalue weighted by Gasteiger charge is 2.26. The lowest BCUT2D eigenvalue weighted by Crippen LogP contribution is -2.41. The Bertz CT molecular complexity index is 639. The number of ether oxygens (including phenoxy) is 2. The summed E-state index contributed by atoms with van der Waals surface area (Å²) >= 11 is 0. The number of morpholine rings is 1. The highest BCUT2D eigenvalue weighted by Crippen LogP contribution is 2.27. The molecule has 2 aromatic rings. The standard InChI is InChI=1S/C19H21NO3.ClH/c1-15(21)19(20-11-13-22-14-12-20)16-7-9-18(10-8-16)23-17-5-3-2-4-6-17;/h2-10,19H,11-14H2,1H3;1H. The molecule has 128 valence electrons. The molecule has 0 bridgehead atoms. The second kappa shape index (κ2) is 8.83. The number of hydrogen-bond acceptors (Lipinski definition) is 4. The molecule has 1 heterocycles. The lowest BCUT2D eigenvalue weighted by molar-refractivity contribution is -0.124. The SMILES string of the molecule is CC(=O)C(c1ccc(Oc2ccccc2)cc1)N1CCOCC1.Cl. The van der Waals surface area contributed by atoms with E-state index in [-0.39, 0.29) is 24.2 Å². The zero-order valence-electron chi connectivity index (χ0n) is 13.7. The van der Waals surface area contributed by atoms with Gasteiger partial charge in [-0.15, -0.1) is 12.4 Å². The van der Waals surface area contributed by atoms with Crippen LogP contribution < -0.4 is 4.74 Å². The first kappa shape index (κ1) is 18.5. The molecular formula is C19H22ClNO3. The van der Waals surface area contributed by atoms with Gasteiger partial charge in [0.15, 0.2) is 5.78 Å². The van der Waals surface area contributed by atoms with Crippen LogP contribution in [-0.4, -0.2) is 37.0 Å². The summed E-state index contributed by atoms with van der Waals surface area (Å²) < 4.78 is 11.2. The first-order valence-corrected chi connectivity index (χ1v) is 7.89. The van der Waals surface area contributed by atoms with Crippen LogP contribution in [0.4, 0.5) is 0 Å². The Hall–Kier alpha value is -1.88. The molecule has 1 atom stereocenters. The summed E-state index contributed by atoms with van der Waals surface area (Å²) in [6.45, 7) is 4.57. The molecular weight excluding hydrogens is 326 g/mol. The molecule has 0 aromatic heterocycles. The van der Waals surface area contributed by atoms with E-state index < -0.39 is 0 Å². The fourth-order valence-electron chi connectivity index (χ4n) is 2.88. The summed E-state index contributed by atoms with van der Waals surface area (Å²) in [5.74, 6) is 1.73. The van der Waals surface area contributed by atoms with E-state index in [2.05, 4.69) is 4.90 Å². The molecule has 3 rings (SSSR count). The smallest absolute Gasteiger partial charge is 0.151 e. The van der Waals surface area contributed by atoms with Gasteiger partial charge in [-0.25, -0.2) is 0 Å². The van der Waals surface area contributed by atoms with Crippen LogP contribution >= 0.6 is 12.4 Å². The molecule has 0 N–H and O–H groups in total. The average molecular weight is 348 g/mol. The van der Waals surface area contributed by atoms with E-state index in [9.17, 15) is 4.79 Å². The Morgan fingerprint density at radius 2 is 1.58 bits per heavy atom. The Balaban J connectivity index is 0.00000208. The van der Waals surface area contributed by atoms with E-state index in [1.807, 2.05) is 54.6 Å². The number of Topliss-reactive ketones (excluding diaryl/α,β-unsaturated/α-hetero) is 1. The van der Waals surface area contributed by atoms with Gasteiger partial charge >= 0.3 is 0 Å². The van der Waals surface area contributed by atoms with Gasteiger partial charge in [-0.3, -0.25) is 9.69 Å². The van der Waals surface area contributed by atoms with E-state index in [0.717, 1.165) is 30.2 Å². The Kier molecular flexibility index (Phi) is 6.79. The highest BCUT2D eigenvalue weighted by molar-refractivity contribution is 5.85. The maximum atomic E-state index is 12.1. The van der Waals surface area contributed by atoms with Crippen molar-refractivity contribution in [1.29, 1.82) is 0 Å². The molecule has 1 fully saturated rings. The third-order valence-electron chi connectivity index (χ3n) is 3.97. The summed E-state index contributed by atoms with van der Waals surface area (Å²) in [7, 11) is 0. The third-order valence-corrected chi connectivity index (χ3v) is 3.97. The fourth-order valence-corrected chi connectivity index (χ4v) is 2.88. The molecule has 1 aliphatic rings. The molecule has 4 nitrogen and oxygen atoms in total. The minimum Gasteiger partial charge on any atom is -0.457 e. The maximum Gasteiger partial charge on any atom is 0.151 e. The molecule has 0 aliphatic carbocycles. The first-order valence-electron chi connectivity index (χ1n) is 7.89. The second-order valence-electron chi connectivity index (χ2n) is 5.65. The molecule has 0 saturated carbocycles. The quantitative estimate of drug-likeness (QED) is 0.823. The Morgan fingerprint density at radius 3 is 2.17 bits per heavy atom. The molecule has 1 aliphatic heterocycles.